The van der Waals surface area contributed by atoms with Crippen LogP contribution in [0.1, 0.15) is 30.9 Å². The highest BCUT2D eigenvalue weighted by atomic mass is 16.5. The Morgan fingerprint density at radius 1 is 1.07 bits per heavy atom. The minimum Gasteiger partial charge on any atom is -0.494 e. The summed E-state index contributed by atoms with van der Waals surface area (Å²) in [5, 5.41) is 0. The number of aromatic nitrogens is 1. The van der Waals surface area contributed by atoms with Gasteiger partial charge in [0.1, 0.15) is 11.6 Å². The number of nitrogens with zero attached hydrogens (tertiary/aromatic N) is 3. The van der Waals surface area contributed by atoms with E-state index in [2.05, 4.69) is 52.0 Å². The minimum absolute atomic E-state index is 0.743. The molecule has 0 spiro atoms. The second-order valence-electron chi connectivity index (χ2n) is 7.78. The van der Waals surface area contributed by atoms with Crippen LogP contribution in [0.3, 0.4) is 0 Å². The van der Waals surface area contributed by atoms with Crippen molar-refractivity contribution >= 4 is 5.82 Å². The zero-order chi connectivity index (χ0) is 18.5. The van der Waals surface area contributed by atoms with E-state index in [1.54, 1.807) is 0 Å². The first-order valence-corrected chi connectivity index (χ1v) is 10.4. The predicted octanol–water partition coefficient (Wildman–Crippen LogP) is 3.80. The van der Waals surface area contributed by atoms with Gasteiger partial charge in [-0.15, -0.1) is 0 Å². The quantitative estimate of drug-likeness (QED) is 0.779. The molecule has 0 N–H and O–H groups in total. The highest BCUT2D eigenvalue weighted by molar-refractivity contribution is 5.38. The molecule has 2 heterocycles. The van der Waals surface area contributed by atoms with E-state index in [9.17, 15) is 0 Å². The summed E-state index contributed by atoms with van der Waals surface area (Å²) in [7, 11) is 0. The SMILES string of the molecule is CCOc1ccc2c(c1)CC(CCN1CCN(c3ccccn3)CC1)CC2. The van der Waals surface area contributed by atoms with Gasteiger partial charge in [-0.25, -0.2) is 4.98 Å². The van der Waals surface area contributed by atoms with Gasteiger partial charge in [0.2, 0.25) is 0 Å². The first-order chi connectivity index (χ1) is 13.3. The number of aryl methyl sites for hydroxylation is 1. The molecule has 0 bridgehead atoms. The summed E-state index contributed by atoms with van der Waals surface area (Å²) in [4.78, 5) is 9.52. The molecule has 0 radical (unpaired) electrons. The van der Waals surface area contributed by atoms with Crippen LogP contribution >= 0.6 is 0 Å². The van der Waals surface area contributed by atoms with E-state index in [4.69, 9.17) is 4.74 Å². The van der Waals surface area contributed by atoms with Crippen molar-refractivity contribution in [2.45, 2.75) is 32.6 Å². The van der Waals surface area contributed by atoms with E-state index in [0.29, 0.717) is 0 Å². The summed E-state index contributed by atoms with van der Waals surface area (Å²) < 4.78 is 5.69. The normalized spacial score (nSPS) is 20.3. The Balaban J connectivity index is 1.25. The molecule has 0 amide bonds. The van der Waals surface area contributed by atoms with Crippen molar-refractivity contribution in [1.82, 2.24) is 9.88 Å². The molecule has 1 aliphatic carbocycles. The molecule has 1 saturated heterocycles. The molecule has 1 unspecified atom stereocenters. The average Bonchev–Trinajstić information content (AvgIpc) is 2.73. The summed E-state index contributed by atoms with van der Waals surface area (Å²) in [5.41, 5.74) is 3.04. The Bertz CT molecular complexity index is 726. The van der Waals surface area contributed by atoms with Gasteiger partial charge in [-0.2, -0.15) is 0 Å². The maximum Gasteiger partial charge on any atom is 0.128 e. The number of ether oxygens (including phenoxy) is 1. The molecule has 1 aliphatic heterocycles. The third kappa shape index (κ3) is 4.62. The van der Waals surface area contributed by atoms with Crippen LogP contribution in [-0.2, 0) is 12.8 Å². The number of piperazine rings is 1. The summed E-state index contributed by atoms with van der Waals surface area (Å²) in [5.74, 6) is 2.96. The van der Waals surface area contributed by atoms with Gasteiger partial charge >= 0.3 is 0 Å². The number of rotatable bonds is 6. The third-order valence-electron chi connectivity index (χ3n) is 6.02. The molecular formula is C23H31N3O. The van der Waals surface area contributed by atoms with Crippen LogP contribution in [0.5, 0.6) is 5.75 Å². The molecule has 144 valence electrons. The van der Waals surface area contributed by atoms with Gasteiger partial charge < -0.3 is 9.64 Å². The molecule has 2 aromatic rings. The highest BCUT2D eigenvalue weighted by Gasteiger charge is 2.22. The van der Waals surface area contributed by atoms with Gasteiger partial charge in [0.05, 0.1) is 6.61 Å². The lowest BCUT2D eigenvalue weighted by molar-refractivity contribution is 0.232. The van der Waals surface area contributed by atoms with Crippen LogP contribution in [0.15, 0.2) is 42.6 Å². The van der Waals surface area contributed by atoms with E-state index >= 15 is 0 Å². The Hall–Kier alpha value is -2.07. The van der Waals surface area contributed by atoms with Crippen LogP contribution in [0.4, 0.5) is 5.82 Å². The second kappa shape index (κ2) is 8.75. The van der Waals surface area contributed by atoms with Crippen molar-refractivity contribution < 1.29 is 4.74 Å². The molecule has 1 fully saturated rings. The van der Waals surface area contributed by atoms with Crippen molar-refractivity contribution in [3.63, 3.8) is 0 Å². The van der Waals surface area contributed by atoms with Gasteiger partial charge in [-0.3, -0.25) is 4.90 Å². The van der Waals surface area contributed by atoms with Crippen LogP contribution in [-0.4, -0.2) is 49.2 Å². The van der Waals surface area contributed by atoms with Crippen molar-refractivity contribution in [1.29, 1.82) is 0 Å². The largest absolute Gasteiger partial charge is 0.494 e. The lowest BCUT2D eigenvalue weighted by Gasteiger charge is -2.36. The van der Waals surface area contributed by atoms with E-state index in [-0.39, 0.29) is 0 Å². The van der Waals surface area contributed by atoms with Crippen LogP contribution in [0, 0.1) is 5.92 Å². The van der Waals surface area contributed by atoms with Gasteiger partial charge in [0.25, 0.3) is 0 Å². The van der Waals surface area contributed by atoms with E-state index in [0.717, 1.165) is 50.3 Å². The molecule has 2 aliphatic rings. The Labute approximate surface area is 163 Å². The molecule has 1 aromatic heterocycles. The van der Waals surface area contributed by atoms with Crippen molar-refractivity contribution in [2.24, 2.45) is 5.92 Å². The molecule has 0 saturated carbocycles. The highest BCUT2D eigenvalue weighted by Crippen LogP contribution is 2.30. The molecule has 4 heteroatoms. The van der Waals surface area contributed by atoms with Crippen LogP contribution < -0.4 is 9.64 Å². The lowest BCUT2D eigenvalue weighted by Crippen LogP contribution is -2.47. The molecular weight excluding hydrogens is 334 g/mol. The lowest BCUT2D eigenvalue weighted by atomic mass is 9.82. The Kier molecular flexibility index (Phi) is 5.93. The first-order valence-electron chi connectivity index (χ1n) is 10.4. The van der Waals surface area contributed by atoms with Gasteiger partial charge in [-0.05, 0) is 80.5 Å². The fourth-order valence-electron chi connectivity index (χ4n) is 4.42. The predicted molar refractivity (Wildman–Crippen MR) is 111 cm³/mol. The maximum atomic E-state index is 5.69. The van der Waals surface area contributed by atoms with E-state index < -0.39 is 0 Å². The Morgan fingerprint density at radius 3 is 2.74 bits per heavy atom. The van der Waals surface area contributed by atoms with Crippen molar-refractivity contribution in [3.05, 3.63) is 53.7 Å². The number of benzene rings is 1. The van der Waals surface area contributed by atoms with Crippen LogP contribution in [0.2, 0.25) is 0 Å². The molecule has 27 heavy (non-hydrogen) atoms. The smallest absolute Gasteiger partial charge is 0.128 e. The molecule has 4 nitrogen and oxygen atoms in total. The molecule has 1 aromatic carbocycles. The number of hydrogen-bond acceptors (Lipinski definition) is 4. The van der Waals surface area contributed by atoms with Crippen LogP contribution in [0.25, 0.3) is 0 Å². The van der Waals surface area contributed by atoms with Crippen molar-refractivity contribution in [3.8, 4) is 5.75 Å². The van der Waals surface area contributed by atoms with Gasteiger partial charge in [0, 0.05) is 32.4 Å². The fourth-order valence-corrected chi connectivity index (χ4v) is 4.42. The summed E-state index contributed by atoms with van der Waals surface area (Å²) >= 11 is 0. The number of pyridine rings is 1. The molecule has 1 atom stereocenters. The summed E-state index contributed by atoms with van der Waals surface area (Å²) in [6.07, 6.45) is 6.96. The van der Waals surface area contributed by atoms with Gasteiger partial charge in [-0.1, -0.05) is 12.1 Å². The Morgan fingerprint density at radius 2 is 1.96 bits per heavy atom. The fraction of sp³-hybridized carbons (Fsp3) is 0.522. The zero-order valence-electron chi connectivity index (χ0n) is 16.4. The zero-order valence-corrected chi connectivity index (χ0v) is 16.4. The first kappa shape index (κ1) is 18.3. The maximum absolute atomic E-state index is 5.69. The second-order valence-corrected chi connectivity index (χ2v) is 7.78. The standard InChI is InChI=1S/C23H31N3O/c1-2-27-22-9-8-20-7-6-19(17-21(20)18-22)10-12-25-13-15-26(16-14-25)23-5-3-4-11-24-23/h3-5,8-9,11,18-19H,2,6-7,10,12-17H2,1H3. The van der Waals surface area contributed by atoms with E-state index in [1.807, 2.05) is 12.3 Å². The third-order valence-corrected chi connectivity index (χ3v) is 6.02. The minimum atomic E-state index is 0.743. The van der Waals surface area contributed by atoms with E-state index in [1.165, 1.54) is 43.4 Å². The van der Waals surface area contributed by atoms with Gasteiger partial charge in [0.15, 0.2) is 0 Å². The number of anilines is 1. The number of hydrogen-bond donors (Lipinski definition) is 0. The molecule has 4 rings (SSSR count). The monoisotopic (exact) mass is 365 g/mol. The average molecular weight is 366 g/mol. The number of fused-ring (bicyclic) bond motifs is 1. The summed E-state index contributed by atoms with van der Waals surface area (Å²) in [6, 6.07) is 12.9. The topological polar surface area (TPSA) is 28.6 Å². The summed E-state index contributed by atoms with van der Waals surface area (Å²) in [6.45, 7) is 8.48. The van der Waals surface area contributed by atoms with Crippen molar-refractivity contribution in [2.75, 3.05) is 44.2 Å².